The normalized spacial score (nSPS) is 17.6. The number of carbonyl (C=O) groups is 2. The van der Waals surface area contributed by atoms with Gasteiger partial charge in [0.05, 0.1) is 36.7 Å². The van der Waals surface area contributed by atoms with Crippen molar-refractivity contribution in [3.8, 4) is 11.1 Å². The van der Waals surface area contributed by atoms with Crippen LogP contribution in [-0.4, -0.2) is 32.3 Å². The molecule has 2 bridgehead atoms. The number of anilines is 3. The van der Waals surface area contributed by atoms with Crippen molar-refractivity contribution in [1.82, 2.24) is 5.32 Å². The Morgan fingerprint density at radius 2 is 1.94 bits per heavy atom. The molecule has 2 heterocycles. The summed E-state index contributed by atoms with van der Waals surface area (Å²) in [5, 5.41) is 10.4. The number of carbonyl (C=O) groups excluding carboxylic acids is 2. The van der Waals surface area contributed by atoms with Crippen LogP contribution in [0.4, 0.5) is 30.6 Å². The first-order valence-corrected chi connectivity index (χ1v) is 15.4. The molecule has 0 radical (unpaired) electrons. The monoisotopic (exact) mass is 664 g/mol. The molecule has 0 saturated carbocycles. The van der Waals surface area contributed by atoms with Gasteiger partial charge in [-0.25, -0.2) is 15.0 Å². The third-order valence-corrected chi connectivity index (χ3v) is 8.14. The fourth-order valence-electron chi connectivity index (χ4n) is 5.72. The molecule has 2 unspecified atom stereocenters. The number of fused-ring (bicyclic) bond motifs is 4. The summed E-state index contributed by atoms with van der Waals surface area (Å²) in [5.74, 6) is 5.59. The Balaban J connectivity index is 0.00000245. The summed E-state index contributed by atoms with van der Waals surface area (Å²) in [7, 11) is 1.79. The highest BCUT2D eigenvalue weighted by atomic mass is 35.5. The highest BCUT2D eigenvalue weighted by molar-refractivity contribution is 6.31. The Morgan fingerprint density at radius 1 is 1.15 bits per heavy atom. The third-order valence-electron chi connectivity index (χ3n) is 7.85. The van der Waals surface area contributed by atoms with E-state index in [-0.39, 0.29) is 28.5 Å². The van der Waals surface area contributed by atoms with Crippen molar-refractivity contribution in [2.45, 2.75) is 44.6 Å². The molecule has 12 heteroatoms. The molecule has 7 N–H and O–H groups in total. The molecule has 0 fully saturated rings. The van der Waals surface area contributed by atoms with Crippen LogP contribution in [0.15, 0.2) is 84.8 Å². The number of dihydropyridines is 1. The van der Waals surface area contributed by atoms with E-state index in [0.717, 1.165) is 29.5 Å². The van der Waals surface area contributed by atoms with Crippen LogP contribution in [0.1, 0.15) is 49.7 Å². The second-order valence-corrected chi connectivity index (χ2v) is 11.5. The number of halogens is 3. The van der Waals surface area contributed by atoms with Gasteiger partial charge in [-0.15, -0.1) is 0 Å². The average molecular weight is 665 g/mol. The molecule has 0 saturated heterocycles. The Bertz CT molecular complexity index is 1710. The first-order valence-electron chi connectivity index (χ1n) is 15.0. The molecule has 2 atom stereocenters. The number of amides is 2. The molecule has 248 valence electrons. The number of rotatable bonds is 5. The van der Waals surface area contributed by atoms with Crippen LogP contribution >= 0.6 is 11.6 Å². The topological polar surface area (TPSA) is 135 Å². The number of hydrogen-bond acceptors (Lipinski definition) is 7. The van der Waals surface area contributed by atoms with Crippen LogP contribution in [0, 0.1) is 5.82 Å². The molecule has 5 rings (SSSR count). The maximum Gasteiger partial charge on any atom is 0.411 e. The van der Waals surface area contributed by atoms with E-state index in [4.69, 9.17) is 27.9 Å². The van der Waals surface area contributed by atoms with Gasteiger partial charge in [-0.05, 0) is 55.2 Å². The smallest absolute Gasteiger partial charge is 0.411 e. The predicted molar refractivity (Wildman–Crippen MR) is 185 cm³/mol. The number of hydrogen-bond donors (Lipinski definition) is 5. The lowest BCUT2D eigenvalue weighted by molar-refractivity contribution is -0.116. The number of nitrogens with zero attached hydrogens (tertiary/aromatic N) is 1. The summed E-state index contributed by atoms with van der Waals surface area (Å²) in [6.45, 7) is 1.69. The molecule has 0 aromatic heterocycles. The molecule has 2 aliphatic heterocycles. The van der Waals surface area contributed by atoms with Crippen LogP contribution in [0.25, 0.3) is 16.7 Å². The summed E-state index contributed by atoms with van der Waals surface area (Å²) in [5.41, 5.74) is 11.5. The summed E-state index contributed by atoms with van der Waals surface area (Å²) in [6, 6.07) is 16.6. The number of ether oxygens (including phenoxy) is 1. The average Bonchev–Trinajstić information content (AvgIpc) is 3.06. The van der Waals surface area contributed by atoms with Crippen molar-refractivity contribution in [3.05, 3.63) is 107 Å². The number of nitrogens with one attached hydrogen (secondary N) is 3. The van der Waals surface area contributed by atoms with Crippen LogP contribution < -0.4 is 32.5 Å². The van der Waals surface area contributed by atoms with E-state index in [1.54, 1.807) is 31.3 Å². The highest BCUT2D eigenvalue weighted by Crippen LogP contribution is 2.38. The fraction of sp³-hybridized carbons (Fsp3) is 0.257. The maximum atomic E-state index is 15.4. The van der Waals surface area contributed by atoms with Crippen molar-refractivity contribution in [2.75, 3.05) is 29.9 Å². The molecule has 3 aromatic rings. The summed E-state index contributed by atoms with van der Waals surface area (Å²) in [6.07, 6.45) is 9.32. The van der Waals surface area contributed by atoms with E-state index in [9.17, 15) is 14.0 Å². The fourth-order valence-corrected chi connectivity index (χ4v) is 5.88. The molecular weight excluding hydrogens is 626 g/mol. The van der Waals surface area contributed by atoms with Gasteiger partial charge in [0.15, 0.2) is 5.82 Å². The summed E-state index contributed by atoms with van der Waals surface area (Å²) < 4.78 is 29.6. The van der Waals surface area contributed by atoms with Crippen molar-refractivity contribution in [1.29, 1.82) is 0 Å². The standard InChI is InChI=1S/C34H36ClFN6O3.CH3F/c1-20(37)19-42(38)30-15-13-27(35)33(36)32(30)23-10-14-28(39-18-23)25-8-3-4-9-31(43)41-29-17-24(40-34(44)45-2)11-12-26(29)22-7-5-6-21(25)16-22;1-2/h5-7,10-19,25,28,39H,3-4,8-9,37-38H2,1-2H3,(H,40,44)(H,41,43);1H3/b20-19-;. The predicted octanol–water partition coefficient (Wildman–Crippen LogP) is 7.58. The Kier molecular flexibility index (Phi) is 12.0. The van der Waals surface area contributed by atoms with E-state index in [2.05, 4.69) is 28.1 Å². The van der Waals surface area contributed by atoms with Gasteiger partial charge in [0.25, 0.3) is 0 Å². The molecule has 3 aromatic carbocycles. The third kappa shape index (κ3) is 8.49. The maximum absolute atomic E-state index is 15.4. The molecule has 0 aliphatic carbocycles. The quantitative estimate of drug-likeness (QED) is 0.140. The van der Waals surface area contributed by atoms with E-state index >= 15 is 4.39 Å². The van der Waals surface area contributed by atoms with Crippen molar-refractivity contribution >= 4 is 46.2 Å². The number of methoxy groups -OCH3 is 1. The van der Waals surface area contributed by atoms with Crippen LogP contribution in [-0.2, 0) is 9.53 Å². The minimum atomic E-state index is -0.596. The summed E-state index contributed by atoms with van der Waals surface area (Å²) >= 11 is 6.18. The molecule has 9 nitrogen and oxygen atoms in total. The van der Waals surface area contributed by atoms with E-state index in [0.29, 0.717) is 48.4 Å². The Hall–Kier alpha value is -4.87. The molecule has 0 spiro atoms. The second-order valence-electron chi connectivity index (χ2n) is 11.1. The van der Waals surface area contributed by atoms with E-state index in [1.165, 1.54) is 24.4 Å². The zero-order valence-corrected chi connectivity index (χ0v) is 27.2. The highest BCUT2D eigenvalue weighted by Gasteiger charge is 2.26. The van der Waals surface area contributed by atoms with Gasteiger partial charge in [0.2, 0.25) is 5.91 Å². The Morgan fingerprint density at radius 3 is 2.64 bits per heavy atom. The molecule has 47 heavy (non-hydrogen) atoms. The Labute approximate surface area is 278 Å². The van der Waals surface area contributed by atoms with Gasteiger partial charge in [0.1, 0.15) is 0 Å². The van der Waals surface area contributed by atoms with E-state index < -0.39 is 11.9 Å². The lowest BCUT2D eigenvalue weighted by Gasteiger charge is -2.30. The van der Waals surface area contributed by atoms with Crippen molar-refractivity contribution < 1.29 is 23.1 Å². The van der Waals surface area contributed by atoms with Crippen LogP contribution in [0.2, 0.25) is 5.02 Å². The lowest BCUT2D eigenvalue weighted by atomic mass is 9.83. The van der Waals surface area contributed by atoms with Gasteiger partial charge in [-0.2, -0.15) is 0 Å². The molecule has 2 aliphatic rings. The van der Waals surface area contributed by atoms with Crippen LogP contribution in [0.3, 0.4) is 0 Å². The second kappa shape index (κ2) is 16.1. The minimum absolute atomic E-state index is 0.0133. The van der Waals surface area contributed by atoms with Crippen molar-refractivity contribution in [2.24, 2.45) is 11.6 Å². The van der Waals surface area contributed by atoms with Crippen LogP contribution in [0.5, 0.6) is 0 Å². The number of nitrogens with two attached hydrogens (primary N) is 2. The lowest BCUT2D eigenvalue weighted by Crippen LogP contribution is -2.32. The van der Waals surface area contributed by atoms with Gasteiger partial charge in [-0.1, -0.05) is 60.5 Å². The van der Waals surface area contributed by atoms with E-state index in [1.807, 2.05) is 30.4 Å². The molecular formula is C35H39ClF2N6O3. The zero-order valence-electron chi connectivity index (χ0n) is 26.4. The van der Waals surface area contributed by atoms with Gasteiger partial charge >= 0.3 is 6.09 Å². The number of hydrazine groups is 1. The number of benzene rings is 3. The largest absolute Gasteiger partial charge is 0.453 e. The van der Waals surface area contributed by atoms with Gasteiger partial charge in [-0.3, -0.25) is 19.5 Å². The van der Waals surface area contributed by atoms with Crippen molar-refractivity contribution in [3.63, 3.8) is 0 Å². The molecule has 2 amide bonds. The van der Waals surface area contributed by atoms with Gasteiger partial charge in [0, 0.05) is 52.8 Å². The number of alkyl halides is 1. The first-order chi connectivity index (χ1) is 22.6. The first kappa shape index (κ1) is 35.0. The van der Waals surface area contributed by atoms with Gasteiger partial charge < -0.3 is 21.1 Å². The minimum Gasteiger partial charge on any atom is -0.453 e. The zero-order chi connectivity index (χ0) is 34.1. The summed E-state index contributed by atoms with van der Waals surface area (Å²) in [4.78, 5) is 24.7. The SMILES string of the molecule is CF.COC(=O)Nc1ccc2c(c1)NC(=O)CCCCC(C1C=CC(c3c(N(N)/C=C(/C)N)ccc(Cl)c3F)=CN1)c1cccc-2c1. The number of allylic oxidation sites excluding steroid dienone is 3.